The van der Waals surface area contributed by atoms with Crippen molar-refractivity contribution < 1.29 is 4.79 Å². The molecule has 1 atom stereocenters. The average Bonchev–Trinajstić information content (AvgIpc) is 2.66. The third kappa shape index (κ3) is 2.67. The third-order valence-electron chi connectivity index (χ3n) is 2.02. The van der Waals surface area contributed by atoms with Crippen LogP contribution in [-0.4, -0.2) is 11.0 Å². The summed E-state index contributed by atoms with van der Waals surface area (Å²) in [7, 11) is 2.63. The van der Waals surface area contributed by atoms with Crippen molar-refractivity contribution in [2.75, 3.05) is 0 Å². The summed E-state index contributed by atoms with van der Waals surface area (Å²) in [5.41, 5.74) is 6.21. The lowest BCUT2D eigenvalue weighted by molar-refractivity contribution is 0.243. The topological polar surface area (TPSA) is 79.8 Å². The first-order chi connectivity index (χ1) is 7.70. The molecule has 5 nitrogen and oxygen atoms in total. The molecule has 1 unspecified atom stereocenters. The van der Waals surface area contributed by atoms with Crippen LogP contribution < -0.4 is 11.1 Å². The molecular weight excluding hydrogens is 244 g/mol. The quantitative estimate of drug-likeness (QED) is 0.641. The molecule has 0 aromatic heterocycles. The summed E-state index contributed by atoms with van der Waals surface area (Å²) >= 11 is 0. The fraction of sp³-hybridized carbons (Fsp3) is 0.222. The Morgan fingerprint density at radius 1 is 1.44 bits per heavy atom. The Morgan fingerprint density at radius 2 is 2.19 bits per heavy atom. The molecule has 0 saturated heterocycles. The molecule has 0 fully saturated rings. The van der Waals surface area contributed by atoms with E-state index in [0.717, 1.165) is 5.56 Å². The highest BCUT2D eigenvalue weighted by molar-refractivity contribution is 8.76. The Morgan fingerprint density at radius 3 is 2.75 bits per heavy atom. The van der Waals surface area contributed by atoms with E-state index < -0.39 is 11.0 Å². The zero-order chi connectivity index (χ0) is 11.4. The van der Waals surface area contributed by atoms with Crippen LogP contribution in [0.25, 0.3) is 0 Å². The smallest absolute Gasteiger partial charge is 0.314 e. The van der Waals surface area contributed by atoms with Crippen LogP contribution in [0.3, 0.4) is 0 Å². The Labute approximate surface area is 101 Å². The number of nitrogens with zero attached hydrogens (tertiary/aromatic N) is 2. The number of primary amides is 1. The molecule has 7 heteroatoms. The van der Waals surface area contributed by atoms with Gasteiger partial charge in [-0.25, -0.2) is 4.79 Å². The number of nitrogens with one attached hydrogen (secondary N) is 1. The lowest BCUT2D eigenvalue weighted by Crippen LogP contribution is -2.47. The molecule has 0 spiro atoms. The van der Waals surface area contributed by atoms with Gasteiger partial charge < -0.3 is 11.1 Å². The molecule has 16 heavy (non-hydrogen) atoms. The Hall–Kier alpha value is -1.21. The standard InChI is InChI=1S/C9H10N4OS2/c10-8(14)11-9(12-13-16-15-9)6-7-4-2-1-3-5-7/h1-5H,6H2,(H3,10,11,14). The Balaban J connectivity index is 2.15. The molecule has 0 radical (unpaired) electrons. The second-order valence-electron chi connectivity index (χ2n) is 3.28. The van der Waals surface area contributed by atoms with Gasteiger partial charge in [0.1, 0.15) is 0 Å². The maximum Gasteiger partial charge on any atom is 0.314 e. The average molecular weight is 254 g/mol. The van der Waals surface area contributed by atoms with Crippen molar-refractivity contribution in [2.24, 2.45) is 15.4 Å². The van der Waals surface area contributed by atoms with Gasteiger partial charge in [0.2, 0.25) is 4.99 Å². The van der Waals surface area contributed by atoms with E-state index in [1.165, 1.54) is 21.8 Å². The van der Waals surface area contributed by atoms with Crippen molar-refractivity contribution >= 4 is 27.8 Å². The molecule has 0 aliphatic carbocycles. The molecule has 0 saturated carbocycles. The van der Waals surface area contributed by atoms with Gasteiger partial charge in [0.25, 0.3) is 0 Å². The van der Waals surface area contributed by atoms with Gasteiger partial charge in [0.05, 0.1) is 11.0 Å². The van der Waals surface area contributed by atoms with Crippen molar-refractivity contribution in [1.82, 2.24) is 5.32 Å². The second kappa shape index (κ2) is 4.75. The first kappa shape index (κ1) is 11.3. The minimum atomic E-state index is -0.766. The predicted molar refractivity (Wildman–Crippen MR) is 65.6 cm³/mol. The third-order valence-corrected chi connectivity index (χ3v) is 4.09. The summed E-state index contributed by atoms with van der Waals surface area (Å²) in [4.78, 5) is 10.2. The molecule has 2 rings (SSSR count). The van der Waals surface area contributed by atoms with E-state index in [1.807, 2.05) is 30.3 Å². The first-order valence-corrected chi connectivity index (χ1v) is 6.69. The van der Waals surface area contributed by atoms with Crippen LogP contribution in [0.1, 0.15) is 5.56 Å². The number of carbonyl (C=O) groups excluding carboxylic acids is 1. The summed E-state index contributed by atoms with van der Waals surface area (Å²) < 4.78 is 3.82. The maximum absolute atomic E-state index is 10.9. The largest absolute Gasteiger partial charge is 0.352 e. The van der Waals surface area contributed by atoms with Crippen LogP contribution in [0.5, 0.6) is 0 Å². The number of hydrogen-bond acceptors (Lipinski definition) is 5. The summed E-state index contributed by atoms with van der Waals surface area (Å²) in [5, 5.41) is 6.67. The zero-order valence-corrected chi connectivity index (χ0v) is 9.92. The second-order valence-corrected chi connectivity index (χ2v) is 5.38. The van der Waals surface area contributed by atoms with Gasteiger partial charge >= 0.3 is 6.03 Å². The fourth-order valence-corrected chi connectivity index (χ4v) is 3.19. The van der Waals surface area contributed by atoms with E-state index >= 15 is 0 Å². The van der Waals surface area contributed by atoms with E-state index in [9.17, 15) is 4.79 Å². The molecule has 84 valence electrons. The van der Waals surface area contributed by atoms with E-state index in [4.69, 9.17) is 5.73 Å². The van der Waals surface area contributed by atoms with Gasteiger partial charge in [-0.15, -0.1) is 9.63 Å². The fourth-order valence-electron chi connectivity index (χ4n) is 1.40. The van der Waals surface area contributed by atoms with Crippen LogP contribution >= 0.6 is 21.8 Å². The van der Waals surface area contributed by atoms with Gasteiger partial charge in [-0.05, 0) is 16.4 Å². The van der Waals surface area contributed by atoms with Gasteiger partial charge in [-0.3, -0.25) is 0 Å². The molecule has 2 amide bonds. The number of benzene rings is 1. The molecular formula is C9H10N4OS2. The molecule has 1 aromatic carbocycles. The van der Waals surface area contributed by atoms with Crippen LogP contribution in [0.2, 0.25) is 0 Å². The normalized spacial score (nSPS) is 23.2. The monoisotopic (exact) mass is 254 g/mol. The molecule has 3 N–H and O–H groups in total. The molecule has 1 aliphatic heterocycles. The van der Waals surface area contributed by atoms with Crippen molar-refractivity contribution in [3.63, 3.8) is 0 Å². The Kier molecular flexibility index (Phi) is 3.35. The zero-order valence-electron chi connectivity index (χ0n) is 8.29. The van der Waals surface area contributed by atoms with Crippen LogP contribution in [0, 0.1) is 0 Å². The van der Waals surface area contributed by atoms with Crippen molar-refractivity contribution in [3.05, 3.63) is 35.9 Å². The number of nitrogens with two attached hydrogens (primary N) is 1. The van der Waals surface area contributed by atoms with Crippen LogP contribution in [0.15, 0.2) is 40.0 Å². The lowest BCUT2D eigenvalue weighted by Gasteiger charge is -2.22. The number of hydrogen-bond donors (Lipinski definition) is 2. The van der Waals surface area contributed by atoms with Gasteiger partial charge in [-0.2, -0.15) is 0 Å². The van der Waals surface area contributed by atoms with Crippen LogP contribution in [-0.2, 0) is 6.42 Å². The SMILES string of the molecule is NC(=O)NC1(Cc2ccccc2)N=NSS1. The number of amides is 2. The molecule has 1 heterocycles. The van der Waals surface area contributed by atoms with Crippen molar-refractivity contribution in [1.29, 1.82) is 0 Å². The molecule has 1 aromatic rings. The van der Waals surface area contributed by atoms with E-state index in [-0.39, 0.29) is 0 Å². The predicted octanol–water partition coefficient (Wildman–Crippen LogP) is 2.31. The van der Waals surface area contributed by atoms with E-state index in [1.54, 1.807) is 0 Å². The Bertz CT molecular complexity index is 411. The van der Waals surface area contributed by atoms with Crippen molar-refractivity contribution in [3.8, 4) is 0 Å². The lowest BCUT2D eigenvalue weighted by atomic mass is 10.1. The number of rotatable bonds is 3. The van der Waals surface area contributed by atoms with E-state index in [2.05, 4.69) is 15.0 Å². The van der Waals surface area contributed by atoms with Crippen molar-refractivity contribution in [2.45, 2.75) is 11.4 Å². The number of urea groups is 1. The summed E-state index contributed by atoms with van der Waals surface area (Å²) in [5.74, 6) is 0. The highest BCUT2D eigenvalue weighted by atomic mass is 33.1. The first-order valence-electron chi connectivity index (χ1n) is 4.59. The minimum absolute atomic E-state index is 0.567. The van der Waals surface area contributed by atoms with E-state index in [0.29, 0.717) is 6.42 Å². The molecule has 1 aliphatic rings. The van der Waals surface area contributed by atoms with Gasteiger partial charge in [-0.1, -0.05) is 30.3 Å². The van der Waals surface area contributed by atoms with Crippen LogP contribution in [0.4, 0.5) is 4.79 Å². The van der Waals surface area contributed by atoms with Gasteiger partial charge in [0, 0.05) is 6.42 Å². The number of carbonyl (C=O) groups is 1. The summed E-state index contributed by atoms with van der Waals surface area (Å²) in [6.07, 6.45) is 0.567. The minimum Gasteiger partial charge on any atom is -0.352 e. The summed E-state index contributed by atoms with van der Waals surface area (Å²) in [6.45, 7) is 0. The highest BCUT2D eigenvalue weighted by Gasteiger charge is 2.36. The maximum atomic E-state index is 10.9. The highest BCUT2D eigenvalue weighted by Crippen LogP contribution is 2.44. The van der Waals surface area contributed by atoms with Gasteiger partial charge in [0.15, 0.2) is 0 Å². The summed E-state index contributed by atoms with van der Waals surface area (Å²) in [6, 6.07) is 9.18. The molecule has 0 bridgehead atoms.